The van der Waals surface area contributed by atoms with Crippen molar-refractivity contribution < 1.29 is 38.6 Å². The summed E-state index contributed by atoms with van der Waals surface area (Å²) in [5.74, 6) is -3.50. The third-order valence-corrected chi connectivity index (χ3v) is 5.70. The van der Waals surface area contributed by atoms with Crippen LogP contribution in [0.15, 0.2) is 66.2 Å². The Bertz CT molecular complexity index is 1440. The molecular formula is C25H19FN2O8. The van der Waals surface area contributed by atoms with E-state index in [9.17, 15) is 34.3 Å². The second-order valence-corrected chi connectivity index (χ2v) is 7.72. The van der Waals surface area contributed by atoms with E-state index in [1.54, 1.807) is 0 Å². The van der Waals surface area contributed by atoms with Crippen molar-refractivity contribution in [2.24, 2.45) is 0 Å². The lowest BCUT2D eigenvalue weighted by Crippen LogP contribution is -2.29. The lowest BCUT2D eigenvalue weighted by atomic mass is 9.94. The fourth-order valence-corrected chi connectivity index (χ4v) is 4.04. The smallest absolute Gasteiger partial charge is 0.311 e. The molecule has 10 nitrogen and oxygen atoms in total. The summed E-state index contributed by atoms with van der Waals surface area (Å²) < 4.78 is 24.5. The number of hydrogen-bond acceptors (Lipinski definition) is 8. The molecule has 2 N–H and O–H groups in total. The molecule has 0 saturated carbocycles. The molecule has 1 heterocycles. The summed E-state index contributed by atoms with van der Waals surface area (Å²) >= 11 is 0. The zero-order valence-electron chi connectivity index (χ0n) is 19.0. The van der Waals surface area contributed by atoms with Crippen molar-refractivity contribution >= 4 is 28.8 Å². The van der Waals surface area contributed by atoms with Crippen LogP contribution in [0.5, 0.6) is 17.2 Å². The number of anilines is 1. The molecule has 36 heavy (non-hydrogen) atoms. The second kappa shape index (κ2) is 9.37. The quantitative estimate of drug-likeness (QED) is 0.172. The highest BCUT2D eigenvalue weighted by Gasteiger charge is 2.47. The average Bonchev–Trinajstić information content (AvgIpc) is 3.13. The van der Waals surface area contributed by atoms with Gasteiger partial charge in [-0.15, -0.1) is 0 Å². The first-order chi connectivity index (χ1) is 17.2. The van der Waals surface area contributed by atoms with Gasteiger partial charge in [0.25, 0.3) is 11.7 Å². The van der Waals surface area contributed by atoms with Crippen molar-refractivity contribution in [3.63, 3.8) is 0 Å². The highest BCUT2D eigenvalue weighted by Crippen LogP contribution is 2.44. The summed E-state index contributed by atoms with van der Waals surface area (Å²) in [6.07, 6.45) is 0. The number of nitro benzene ring substituents is 1. The van der Waals surface area contributed by atoms with Gasteiger partial charge in [0.2, 0.25) is 0 Å². The summed E-state index contributed by atoms with van der Waals surface area (Å²) in [5.41, 5.74) is -0.947. The standard InChI is InChI=1S/C25H19FN2O8/c1-35-19-9-7-14(11-20(19)36-2)23(30)21-22(13-6-8-18(29)17(10-13)28(33)34)27(25(32)24(21)31)16-5-3-4-15(26)12-16/h3-12,22,29-30H,1-2H3/b23-21-. The molecule has 0 spiro atoms. The van der Waals surface area contributed by atoms with Gasteiger partial charge in [0.15, 0.2) is 17.2 Å². The number of aromatic hydroxyl groups is 1. The molecule has 0 aliphatic carbocycles. The monoisotopic (exact) mass is 494 g/mol. The van der Waals surface area contributed by atoms with Crippen LogP contribution in [0.3, 0.4) is 0 Å². The summed E-state index contributed by atoms with van der Waals surface area (Å²) in [6, 6.07) is 11.1. The zero-order valence-corrected chi connectivity index (χ0v) is 19.0. The van der Waals surface area contributed by atoms with E-state index in [2.05, 4.69) is 0 Å². The molecule has 4 rings (SSSR count). The first kappa shape index (κ1) is 24.2. The van der Waals surface area contributed by atoms with Gasteiger partial charge in [-0.1, -0.05) is 12.1 Å². The van der Waals surface area contributed by atoms with Crippen LogP contribution >= 0.6 is 0 Å². The molecule has 0 radical (unpaired) electrons. The maximum absolute atomic E-state index is 14.0. The van der Waals surface area contributed by atoms with Crippen molar-refractivity contribution in [3.05, 3.63) is 93.3 Å². The third-order valence-electron chi connectivity index (χ3n) is 5.70. The Balaban J connectivity index is 1.99. The van der Waals surface area contributed by atoms with E-state index in [-0.39, 0.29) is 22.6 Å². The number of rotatable bonds is 6. The fraction of sp³-hybridized carbons (Fsp3) is 0.120. The number of nitro groups is 1. The van der Waals surface area contributed by atoms with Crippen LogP contribution in [0.2, 0.25) is 0 Å². The fourth-order valence-electron chi connectivity index (χ4n) is 4.04. The Labute approximate surface area is 203 Å². The lowest BCUT2D eigenvalue weighted by Gasteiger charge is -2.25. The highest BCUT2D eigenvalue weighted by atomic mass is 19.1. The minimum atomic E-state index is -1.38. The van der Waals surface area contributed by atoms with Crippen LogP contribution in [0.1, 0.15) is 17.2 Å². The SMILES string of the molecule is COc1ccc(/C(O)=C2/C(=O)C(=O)N(c3cccc(F)c3)C2c2ccc(O)c([N+](=O)[O-])c2)cc1OC. The van der Waals surface area contributed by atoms with E-state index in [0.717, 1.165) is 29.2 Å². The number of hydrogen-bond donors (Lipinski definition) is 2. The number of benzene rings is 3. The molecule has 1 unspecified atom stereocenters. The summed E-state index contributed by atoms with van der Waals surface area (Å²) in [5, 5.41) is 32.6. The van der Waals surface area contributed by atoms with Gasteiger partial charge in [-0.2, -0.15) is 0 Å². The van der Waals surface area contributed by atoms with Crippen LogP contribution < -0.4 is 14.4 Å². The first-order valence-corrected chi connectivity index (χ1v) is 10.4. The number of phenols is 1. The maximum Gasteiger partial charge on any atom is 0.311 e. The van der Waals surface area contributed by atoms with Gasteiger partial charge in [0, 0.05) is 17.3 Å². The van der Waals surface area contributed by atoms with Gasteiger partial charge >= 0.3 is 5.69 Å². The molecule has 1 atom stereocenters. The Hall–Kier alpha value is -4.93. The largest absolute Gasteiger partial charge is 0.507 e. The summed E-state index contributed by atoms with van der Waals surface area (Å²) in [6.45, 7) is 0. The molecule has 1 aliphatic heterocycles. The maximum atomic E-state index is 14.0. The number of aliphatic hydroxyl groups excluding tert-OH is 1. The van der Waals surface area contributed by atoms with Crippen LogP contribution in [0.4, 0.5) is 15.8 Å². The van der Waals surface area contributed by atoms with E-state index in [4.69, 9.17) is 9.47 Å². The van der Waals surface area contributed by atoms with Gasteiger partial charge in [-0.05, 0) is 48.0 Å². The number of nitrogens with zero attached hydrogens (tertiary/aromatic N) is 2. The molecule has 3 aromatic rings. The van der Waals surface area contributed by atoms with Gasteiger partial charge in [0.1, 0.15) is 11.6 Å². The molecule has 0 bridgehead atoms. The second-order valence-electron chi connectivity index (χ2n) is 7.72. The predicted molar refractivity (Wildman–Crippen MR) is 125 cm³/mol. The number of ether oxygens (including phenoxy) is 2. The lowest BCUT2D eigenvalue weighted by molar-refractivity contribution is -0.385. The molecule has 3 aromatic carbocycles. The molecule has 1 amide bonds. The Morgan fingerprint density at radius 3 is 2.39 bits per heavy atom. The van der Waals surface area contributed by atoms with Gasteiger partial charge in [-0.25, -0.2) is 4.39 Å². The van der Waals surface area contributed by atoms with Crippen molar-refractivity contribution in [1.82, 2.24) is 0 Å². The van der Waals surface area contributed by atoms with Crippen molar-refractivity contribution in [2.45, 2.75) is 6.04 Å². The number of phenolic OH excluding ortho intramolecular Hbond substituents is 1. The summed E-state index contributed by atoms with van der Waals surface area (Å²) in [7, 11) is 2.79. The number of carbonyl (C=O) groups excluding carboxylic acids is 2. The number of halogens is 1. The van der Waals surface area contributed by atoms with Crippen molar-refractivity contribution in [3.8, 4) is 17.2 Å². The number of ketones is 1. The number of Topliss-reactive ketones (excluding diaryl/α,β-unsaturated/α-hetero) is 1. The highest BCUT2D eigenvalue weighted by molar-refractivity contribution is 6.51. The molecule has 0 aromatic heterocycles. The third kappa shape index (κ3) is 4.06. The molecule has 1 fully saturated rings. The van der Waals surface area contributed by atoms with E-state index >= 15 is 0 Å². The normalized spacial score (nSPS) is 16.8. The zero-order chi connectivity index (χ0) is 26.1. The topological polar surface area (TPSA) is 139 Å². The molecular weight excluding hydrogens is 475 g/mol. The van der Waals surface area contributed by atoms with Gasteiger partial charge in [-0.3, -0.25) is 24.6 Å². The molecule has 1 saturated heterocycles. The van der Waals surface area contributed by atoms with Crippen molar-refractivity contribution in [1.29, 1.82) is 0 Å². The van der Waals surface area contributed by atoms with E-state index in [0.29, 0.717) is 5.75 Å². The number of carbonyl (C=O) groups is 2. The molecule has 184 valence electrons. The van der Waals surface area contributed by atoms with E-state index in [1.807, 2.05) is 0 Å². The Kier molecular flexibility index (Phi) is 6.30. The van der Waals surface area contributed by atoms with Gasteiger partial charge in [0.05, 0.1) is 30.8 Å². The minimum absolute atomic E-state index is 0.0100. The van der Waals surface area contributed by atoms with Crippen LogP contribution in [0, 0.1) is 15.9 Å². The van der Waals surface area contributed by atoms with Gasteiger partial charge < -0.3 is 19.7 Å². The minimum Gasteiger partial charge on any atom is -0.507 e. The first-order valence-electron chi connectivity index (χ1n) is 10.4. The van der Waals surface area contributed by atoms with Crippen LogP contribution in [-0.4, -0.2) is 41.0 Å². The number of methoxy groups -OCH3 is 2. The summed E-state index contributed by atoms with van der Waals surface area (Å²) in [4.78, 5) is 37.9. The predicted octanol–water partition coefficient (Wildman–Crippen LogP) is 4.08. The number of aliphatic hydroxyl groups is 1. The van der Waals surface area contributed by atoms with Crippen LogP contribution in [-0.2, 0) is 9.59 Å². The van der Waals surface area contributed by atoms with E-state index in [1.165, 1.54) is 50.6 Å². The van der Waals surface area contributed by atoms with E-state index < -0.39 is 51.2 Å². The van der Waals surface area contributed by atoms with Crippen molar-refractivity contribution in [2.75, 3.05) is 19.1 Å². The Morgan fingerprint density at radius 1 is 1.03 bits per heavy atom. The average molecular weight is 494 g/mol. The number of amides is 1. The van der Waals surface area contributed by atoms with Crippen LogP contribution in [0.25, 0.3) is 5.76 Å². The molecule has 11 heteroatoms. The molecule has 1 aliphatic rings. The Morgan fingerprint density at radius 2 is 1.75 bits per heavy atom.